The van der Waals surface area contributed by atoms with Crippen molar-refractivity contribution < 1.29 is 13.2 Å². The second kappa shape index (κ2) is 7.82. The molecular formula is C16H29F3N2. The van der Waals surface area contributed by atoms with Crippen LogP contribution in [0.15, 0.2) is 0 Å². The van der Waals surface area contributed by atoms with E-state index < -0.39 is 12.7 Å². The number of nitrogens with zero attached hydrogens (tertiary/aromatic N) is 1. The van der Waals surface area contributed by atoms with Gasteiger partial charge in [-0.25, -0.2) is 0 Å². The first-order chi connectivity index (χ1) is 9.94. The predicted molar refractivity (Wildman–Crippen MR) is 79.3 cm³/mol. The van der Waals surface area contributed by atoms with Crippen molar-refractivity contribution in [1.82, 2.24) is 10.2 Å². The quantitative estimate of drug-likeness (QED) is 0.791. The number of likely N-dealkylation sites (tertiary alicyclic amines) is 1. The van der Waals surface area contributed by atoms with Crippen molar-refractivity contribution in [2.45, 2.75) is 76.6 Å². The first-order valence-electron chi connectivity index (χ1n) is 8.49. The van der Waals surface area contributed by atoms with Gasteiger partial charge in [-0.1, -0.05) is 25.7 Å². The zero-order valence-electron chi connectivity index (χ0n) is 13.1. The van der Waals surface area contributed by atoms with Crippen LogP contribution in [0.1, 0.15) is 58.3 Å². The number of alkyl halides is 3. The summed E-state index contributed by atoms with van der Waals surface area (Å²) < 4.78 is 37.1. The third-order valence-electron chi connectivity index (χ3n) is 5.10. The summed E-state index contributed by atoms with van der Waals surface area (Å²) in [5, 5.41) is 3.69. The standard InChI is InChI=1S/C16H29F3N2/c1-13(14-6-4-2-3-5-7-14)20-15-8-10-21(11-9-15)12-16(17,18)19/h13-15,20H,2-12H2,1H3/t13-/m0/s1. The molecule has 1 heterocycles. The maximum atomic E-state index is 12.4. The Morgan fingerprint density at radius 2 is 1.57 bits per heavy atom. The molecule has 1 aliphatic carbocycles. The van der Waals surface area contributed by atoms with E-state index in [0.29, 0.717) is 25.2 Å². The highest BCUT2D eigenvalue weighted by atomic mass is 19.4. The minimum Gasteiger partial charge on any atom is -0.311 e. The lowest BCUT2D eigenvalue weighted by Crippen LogP contribution is -2.49. The Morgan fingerprint density at radius 3 is 2.10 bits per heavy atom. The van der Waals surface area contributed by atoms with Crippen LogP contribution < -0.4 is 5.32 Å². The summed E-state index contributed by atoms with van der Waals surface area (Å²) >= 11 is 0. The summed E-state index contributed by atoms with van der Waals surface area (Å²) in [5.74, 6) is 0.751. The maximum absolute atomic E-state index is 12.4. The molecule has 0 bridgehead atoms. The number of halogens is 3. The van der Waals surface area contributed by atoms with Crippen LogP contribution in [-0.2, 0) is 0 Å². The van der Waals surface area contributed by atoms with Crippen LogP contribution in [0.4, 0.5) is 13.2 Å². The van der Waals surface area contributed by atoms with Gasteiger partial charge in [0.1, 0.15) is 0 Å². The molecule has 2 fully saturated rings. The number of hydrogen-bond acceptors (Lipinski definition) is 2. The van der Waals surface area contributed by atoms with Crippen molar-refractivity contribution in [3.05, 3.63) is 0 Å². The summed E-state index contributed by atoms with van der Waals surface area (Å²) in [5.41, 5.74) is 0. The van der Waals surface area contributed by atoms with Crippen LogP contribution in [0, 0.1) is 5.92 Å². The molecule has 124 valence electrons. The minimum absolute atomic E-state index is 0.396. The largest absolute Gasteiger partial charge is 0.401 e. The fourth-order valence-corrected chi connectivity index (χ4v) is 3.83. The molecule has 1 saturated heterocycles. The SMILES string of the molecule is C[C@H](NC1CCN(CC(F)(F)F)CC1)C1CCCCCC1. The van der Waals surface area contributed by atoms with Gasteiger partial charge in [0, 0.05) is 12.1 Å². The lowest BCUT2D eigenvalue weighted by Gasteiger charge is -2.36. The van der Waals surface area contributed by atoms with E-state index in [1.165, 1.54) is 43.4 Å². The van der Waals surface area contributed by atoms with E-state index in [1.54, 1.807) is 0 Å². The highest BCUT2D eigenvalue weighted by molar-refractivity contribution is 4.83. The third kappa shape index (κ3) is 6.15. The summed E-state index contributed by atoms with van der Waals surface area (Å²) in [4.78, 5) is 1.54. The first kappa shape index (κ1) is 17.1. The smallest absolute Gasteiger partial charge is 0.311 e. The van der Waals surface area contributed by atoms with E-state index in [2.05, 4.69) is 12.2 Å². The fraction of sp³-hybridized carbons (Fsp3) is 1.00. The molecule has 0 aromatic rings. The van der Waals surface area contributed by atoms with Gasteiger partial charge in [-0.2, -0.15) is 13.2 Å². The van der Waals surface area contributed by atoms with E-state index in [1.807, 2.05) is 0 Å². The van der Waals surface area contributed by atoms with E-state index in [9.17, 15) is 13.2 Å². The number of nitrogens with one attached hydrogen (secondary N) is 1. The van der Waals surface area contributed by atoms with Crippen molar-refractivity contribution in [2.24, 2.45) is 5.92 Å². The third-order valence-corrected chi connectivity index (χ3v) is 5.10. The van der Waals surface area contributed by atoms with Crippen LogP contribution in [0.3, 0.4) is 0 Å². The van der Waals surface area contributed by atoms with Gasteiger partial charge in [0.25, 0.3) is 0 Å². The van der Waals surface area contributed by atoms with Gasteiger partial charge in [0.15, 0.2) is 0 Å². The highest BCUT2D eigenvalue weighted by Gasteiger charge is 2.33. The minimum atomic E-state index is -4.06. The van der Waals surface area contributed by atoms with Crippen molar-refractivity contribution in [3.8, 4) is 0 Å². The van der Waals surface area contributed by atoms with Gasteiger partial charge in [0.2, 0.25) is 0 Å². The lowest BCUT2D eigenvalue weighted by atomic mass is 9.91. The summed E-state index contributed by atoms with van der Waals surface area (Å²) in [6, 6.07) is 0.898. The molecule has 2 nitrogen and oxygen atoms in total. The molecule has 2 aliphatic rings. The normalized spacial score (nSPS) is 25.7. The maximum Gasteiger partial charge on any atom is 0.401 e. The van der Waals surface area contributed by atoms with Crippen molar-refractivity contribution in [3.63, 3.8) is 0 Å². The fourth-order valence-electron chi connectivity index (χ4n) is 3.83. The first-order valence-corrected chi connectivity index (χ1v) is 8.49. The lowest BCUT2D eigenvalue weighted by molar-refractivity contribution is -0.148. The van der Waals surface area contributed by atoms with Crippen LogP contribution >= 0.6 is 0 Å². The monoisotopic (exact) mass is 306 g/mol. The summed E-state index contributed by atoms with van der Waals surface area (Å²) in [7, 11) is 0. The molecule has 0 aromatic carbocycles. The average Bonchev–Trinajstić information content (AvgIpc) is 2.68. The molecule has 1 N–H and O–H groups in total. The second-order valence-electron chi connectivity index (χ2n) is 6.87. The van der Waals surface area contributed by atoms with Crippen LogP contribution in [0.5, 0.6) is 0 Å². The molecule has 2 rings (SSSR count). The van der Waals surface area contributed by atoms with Gasteiger partial charge in [-0.15, -0.1) is 0 Å². The van der Waals surface area contributed by atoms with Crippen molar-refractivity contribution >= 4 is 0 Å². The van der Waals surface area contributed by atoms with E-state index >= 15 is 0 Å². The average molecular weight is 306 g/mol. The Hall–Kier alpha value is -0.290. The van der Waals surface area contributed by atoms with E-state index in [4.69, 9.17) is 0 Å². The molecule has 0 amide bonds. The molecular weight excluding hydrogens is 277 g/mol. The van der Waals surface area contributed by atoms with Crippen molar-refractivity contribution in [2.75, 3.05) is 19.6 Å². The molecule has 21 heavy (non-hydrogen) atoms. The van der Waals surface area contributed by atoms with Crippen LogP contribution in [0.25, 0.3) is 0 Å². The summed E-state index contributed by atoms with van der Waals surface area (Å²) in [6.07, 6.45) is 5.62. The number of hydrogen-bond donors (Lipinski definition) is 1. The van der Waals surface area contributed by atoms with Crippen LogP contribution in [0.2, 0.25) is 0 Å². The zero-order valence-corrected chi connectivity index (χ0v) is 13.1. The topological polar surface area (TPSA) is 15.3 Å². The van der Waals surface area contributed by atoms with Gasteiger partial charge in [-0.05, 0) is 51.6 Å². The molecule has 0 radical (unpaired) electrons. The highest BCUT2D eigenvalue weighted by Crippen LogP contribution is 2.26. The van der Waals surface area contributed by atoms with Gasteiger partial charge in [0.05, 0.1) is 6.54 Å². The number of rotatable bonds is 4. The molecule has 1 saturated carbocycles. The zero-order chi connectivity index (χ0) is 15.3. The Bertz CT molecular complexity index is 290. The van der Waals surface area contributed by atoms with Crippen molar-refractivity contribution in [1.29, 1.82) is 0 Å². The Kier molecular flexibility index (Phi) is 6.35. The molecule has 0 spiro atoms. The Labute approximate surface area is 126 Å². The number of piperidine rings is 1. The Balaban J connectivity index is 1.70. The molecule has 0 unspecified atom stereocenters. The predicted octanol–water partition coefficient (Wildman–Crippen LogP) is 3.96. The van der Waals surface area contributed by atoms with E-state index in [0.717, 1.165) is 18.8 Å². The van der Waals surface area contributed by atoms with Gasteiger partial charge >= 0.3 is 6.18 Å². The molecule has 5 heteroatoms. The molecule has 1 atom stereocenters. The molecule has 1 aliphatic heterocycles. The van der Waals surface area contributed by atoms with E-state index in [-0.39, 0.29) is 0 Å². The van der Waals surface area contributed by atoms with Gasteiger partial charge < -0.3 is 5.32 Å². The van der Waals surface area contributed by atoms with Crippen LogP contribution in [-0.4, -0.2) is 42.8 Å². The van der Waals surface area contributed by atoms with Gasteiger partial charge in [-0.3, -0.25) is 4.90 Å². The second-order valence-corrected chi connectivity index (χ2v) is 6.87. The molecule has 0 aromatic heterocycles. The Morgan fingerprint density at radius 1 is 1.00 bits per heavy atom. The summed E-state index contributed by atoms with van der Waals surface area (Å²) in [6.45, 7) is 2.64.